The van der Waals surface area contributed by atoms with Crippen LogP contribution in [0.15, 0.2) is 52.9 Å². The van der Waals surface area contributed by atoms with Gasteiger partial charge >= 0.3 is 5.97 Å². The number of anilines is 1. The number of aromatic carboxylic acids is 1. The topological polar surface area (TPSA) is 96.4 Å². The molecule has 2 aromatic carbocycles. The molecule has 3 rings (SSSR count). The van der Waals surface area contributed by atoms with E-state index >= 15 is 0 Å². The van der Waals surface area contributed by atoms with Gasteiger partial charge in [-0.3, -0.25) is 4.72 Å². The fraction of sp³-hybridized carbons (Fsp3) is 0. The molecule has 0 spiro atoms. The number of rotatable bonds is 5. The Morgan fingerprint density at radius 3 is 2.38 bits per heavy atom. The van der Waals surface area contributed by atoms with Crippen LogP contribution >= 0.6 is 11.3 Å². The standard InChI is InChI=1S/C16H10F2N2O4S2/c17-10-3-1-9(2-4-10)15-19-14(8-25-15)26(23,24)20-13-6-5-11(18)7-12(13)16(21)22/h1-8,20H,(H,21,22). The Morgan fingerprint density at radius 2 is 1.73 bits per heavy atom. The van der Waals surface area contributed by atoms with E-state index in [-0.39, 0.29) is 10.7 Å². The minimum absolute atomic E-state index is 0.282. The highest BCUT2D eigenvalue weighted by Gasteiger charge is 2.22. The minimum Gasteiger partial charge on any atom is -0.478 e. The molecule has 26 heavy (non-hydrogen) atoms. The first-order valence-electron chi connectivity index (χ1n) is 7.03. The maximum atomic E-state index is 13.2. The third kappa shape index (κ3) is 3.70. The number of halogens is 2. The molecule has 0 unspecified atom stereocenters. The molecule has 3 aromatic rings. The molecular weight excluding hydrogens is 386 g/mol. The summed E-state index contributed by atoms with van der Waals surface area (Å²) < 4.78 is 53.2. The van der Waals surface area contributed by atoms with Crippen molar-refractivity contribution in [3.05, 3.63) is 65.0 Å². The molecule has 134 valence electrons. The Morgan fingerprint density at radius 1 is 1.08 bits per heavy atom. The Hall–Kier alpha value is -2.85. The molecule has 2 N–H and O–H groups in total. The molecule has 0 saturated carbocycles. The van der Waals surface area contributed by atoms with Crippen LogP contribution in [0.5, 0.6) is 0 Å². The van der Waals surface area contributed by atoms with Crippen LogP contribution in [0.3, 0.4) is 0 Å². The van der Waals surface area contributed by atoms with Crippen LogP contribution in [0.2, 0.25) is 0 Å². The monoisotopic (exact) mass is 396 g/mol. The van der Waals surface area contributed by atoms with Crippen molar-refractivity contribution in [1.29, 1.82) is 0 Å². The van der Waals surface area contributed by atoms with Crippen LogP contribution in [0, 0.1) is 11.6 Å². The van der Waals surface area contributed by atoms with Gasteiger partial charge in [-0.1, -0.05) is 0 Å². The lowest BCUT2D eigenvalue weighted by Gasteiger charge is -2.09. The molecule has 10 heteroatoms. The molecule has 6 nitrogen and oxygen atoms in total. The zero-order valence-corrected chi connectivity index (χ0v) is 14.4. The molecule has 0 aliphatic carbocycles. The van der Waals surface area contributed by atoms with Gasteiger partial charge in [0.25, 0.3) is 10.0 Å². The van der Waals surface area contributed by atoms with Crippen molar-refractivity contribution in [2.24, 2.45) is 0 Å². The number of hydrogen-bond donors (Lipinski definition) is 2. The Bertz CT molecular complexity index is 1080. The second-order valence-corrected chi connectivity index (χ2v) is 7.59. The largest absolute Gasteiger partial charge is 0.478 e. The van der Waals surface area contributed by atoms with Crippen LogP contribution in [0.1, 0.15) is 10.4 Å². The van der Waals surface area contributed by atoms with Gasteiger partial charge in [0.1, 0.15) is 16.6 Å². The molecule has 0 aliphatic rings. The third-order valence-corrected chi connectivity index (χ3v) is 5.59. The van der Waals surface area contributed by atoms with E-state index in [1.807, 2.05) is 0 Å². The predicted molar refractivity (Wildman–Crippen MR) is 91.7 cm³/mol. The summed E-state index contributed by atoms with van der Waals surface area (Å²) in [7, 11) is -4.19. The van der Waals surface area contributed by atoms with E-state index in [4.69, 9.17) is 5.11 Å². The number of sulfonamides is 1. The van der Waals surface area contributed by atoms with E-state index in [1.54, 1.807) is 0 Å². The maximum absolute atomic E-state index is 13.2. The Balaban J connectivity index is 1.93. The number of carboxylic acid groups (broad SMARTS) is 1. The van der Waals surface area contributed by atoms with Crippen LogP contribution in [-0.4, -0.2) is 24.5 Å². The van der Waals surface area contributed by atoms with Crippen LogP contribution in [-0.2, 0) is 10.0 Å². The van der Waals surface area contributed by atoms with Gasteiger partial charge in [0, 0.05) is 10.9 Å². The molecular formula is C16H10F2N2O4S2. The summed E-state index contributed by atoms with van der Waals surface area (Å²) in [5.41, 5.74) is -0.274. The number of nitrogens with one attached hydrogen (secondary N) is 1. The quantitative estimate of drug-likeness (QED) is 0.687. The number of benzene rings is 2. The molecule has 1 heterocycles. The number of nitrogens with zero attached hydrogens (tertiary/aromatic N) is 1. The zero-order chi connectivity index (χ0) is 18.9. The van der Waals surface area contributed by atoms with Crippen molar-refractivity contribution in [3.8, 4) is 10.6 Å². The van der Waals surface area contributed by atoms with Gasteiger partial charge in [0.15, 0.2) is 5.03 Å². The molecule has 0 radical (unpaired) electrons. The molecule has 0 fully saturated rings. The summed E-state index contributed by atoms with van der Waals surface area (Å²) in [4.78, 5) is 15.2. The van der Waals surface area contributed by atoms with Crippen molar-refractivity contribution in [2.75, 3.05) is 4.72 Å². The van der Waals surface area contributed by atoms with Crippen molar-refractivity contribution in [3.63, 3.8) is 0 Å². The van der Waals surface area contributed by atoms with Crippen LogP contribution in [0.4, 0.5) is 14.5 Å². The summed E-state index contributed by atoms with van der Waals surface area (Å²) in [6.45, 7) is 0. The highest BCUT2D eigenvalue weighted by Crippen LogP contribution is 2.27. The molecule has 0 amide bonds. The van der Waals surface area contributed by atoms with Crippen molar-refractivity contribution in [1.82, 2.24) is 4.98 Å². The number of carboxylic acids is 1. The van der Waals surface area contributed by atoms with E-state index in [0.717, 1.165) is 23.5 Å². The second-order valence-electron chi connectivity index (χ2n) is 5.10. The van der Waals surface area contributed by atoms with E-state index < -0.39 is 33.2 Å². The van der Waals surface area contributed by atoms with E-state index in [2.05, 4.69) is 9.71 Å². The highest BCUT2D eigenvalue weighted by atomic mass is 32.2. The summed E-state index contributed by atoms with van der Waals surface area (Å²) in [5.74, 6) is -2.72. The number of carbonyl (C=O) groups is 1. The average Bonchev–Trinajstić information content (AvgIpc) is 3.08. The first-order chi connectivity index (χ1) is 12.3. The molecule has 0 bridgehead atoms. The van der Waals surface area contributed by atoms with Crippen LogP contribution in [0.25, 0.3) is 10.6 Å². The summed E-state index contributed by atoms with van der Waals surface area (Å²) in [5, 5.41) is 10.4. The number of aromatic nitrogens is 1. The smallest absolute Gasteiger partial charge is 0.337 e. The lowest BCUT2D eigenvalue weighted by Crippen LogP contribution is -2.16. The van der Waals surface area contributed by atoms with E-state index in [1.165, 1.54) is 29.6 Å². The van der Waals surface area contributed by atoms with Crippen molar-refractivity contribution in [2.45, 2.75) is 5.03 Å². The third-order valence-electron chi connectivity index (χ3n) is 3.31. The Labute approximate surface area is 150 Å². The van der Waals surface area contributed by atoms with Gasteiger partial charge in [-0.15, -0.1) is 11.3 Å². The van der Waals surface area contributed by atoms with Crippen LogP contribution < -0.4 is 4.72 Å². The lowest BCUT2D eigenvalue weighted by atomic mass is 10.2. The summed E-state index contributed by atoms with van der Waals surface area (Å²) >= 11 is 1.03. The van der Waals surface area contributed by atoms with Gasteiger partial charge < -0.3 is 5.11 Å². The number of thiazole rings is 1. The first-order valence-corrected chi connectivity index (χ1v) is 9.40. The van der Waals surface area contributed by atoms with Crippen molar-refractivity contribution >= 4 is 33.0 Å². The van der Waals surface area contributed by atoms with Crippen molar-refractivity contribution < 1.29 is 27.1 Å². The van der Waals surface area contributed by atoms with Gasteiger partial charge in [0.05, 0.1) is 11.3 Å². The Kier molecular flexibility index (Phi) is 4.70. The predicted octanol–water partition coefficient (Wildman–Crippen LogP) is 3.59. The van der Waals surface area contributed by atoms with E-state index in [0.29, 0.717) is 16.6 Å². The molecule has 0 atom stereocenters. The van der Waals surface area contributed by atoms with Gasteiger partial charge in [-0.25, -0.2) is 18.6 Å². The zero-order valence-electron chi connectivity index (χ0n) is 12.8. The first kappa shape index (κ1) is 18.0. The average molecular weight is 396 g/mol. The maximum Gasteiger partial charge on any atom is 0.337 e. The molecule has 0 saturated heterocycles. The number of hydrogen-bond acceptors (Lipinski definition) is 5. The molecule has 0 aliphatic heterocycles. The van der Waals surface area contributed by atoms with Gasteiger partial charge in [-0.2, -0.15) is 8.42 Å². The second kappa shape index (κ2) is 6.81. The van der Waals surface area contributed by atoms with Gasteiger partial charge in [-0.05, 0) is 42.5 Å². The fourth-order valence-corrected chi connectivity index (χ4v) is 4.27. The highest BCUT2D eigenvalue weighted by molar-refractivity contribution is 7.92. The lowest BCUT2D eigenvalue weighted by molar-refractivity contribution is 0.0697. The summed E-state index contributed by atoms with van der Waals surface area (Å²) in [6.07, 6.45) is 0. The van der Waals surface area contributed by atoms with Gasteiger partial charge in [0.2, 0.25) is 0 Å². The van der Waals surface area contributed by atoms with E-state index in [9.17, 15) is 22.0 Å². The fourth-order valence-electron chi connectivity index (χ4n) is 2.09. The minimum atomic E-state index is -4.19. The summed E-state index contributed by atoms with van der Waals surface area (Å²) in [6, 6.07) is 8.03. The molecule has 1 aromatic heterocycles. The normalized spacial score (nSPS) is 11.3. The SMILES string of the molecule is O=C(O)c1cc(F)ccc1NS(=O)(=O)c1csc(-c2ccc(F)cc2)n1.